The Bertz CT molecular complexity index is 551. The molecule has 2 N–H and O–H groups in total. The molecule has 0 aliphatic rings. The fourth-order valence-corrected chi connectivity index (χ4v) is 1.63. The second-order valence-corrected chi connectivity index (χ2v) is 4.18. The predicted octanol–water partition coefficient (Wildman–Crippen LogP) is 3.12. The highest BCUT2D eigenvalue weighted by Crippen LogP contribution is 2.29. The van der Waals surface area contributed by atoms with Crippen molar-refractivity contribution in [1.82, 2.24) is 9.78 Å². The highest BCUT2D eigenvalue weighted by Gasteiger charge is 2.08. The van der Waals surface area contributed by atoms with Crippen molar-refractivity contribution in [3.05, 3.63) is 35.9 Å². The van der Waals surface area contributed by atoms with Crippen LogP contribution in [-0.2, 0) is 6.54 Å². The molecule has 5 heteroatoms. The SMILES string of the molecule is CCCn1cc(Oc2cc(C)c(F)cc2N)cn1. The number of aromatic nitrogens is 2. The minimum absolute atomic E-state index is 0.279. The average Bonchev–Trinajstić information content (AvgIpc) is 2.74. The van der Waals surface area contributed by atoms with Crippen LogP contribution in [0.25, 0.3) is 0 Å². The molecule has 96 valence electrons. The summed E-state index contributed by atoms with van der Waals surface area (Å²) in [5, 5.41) is 4.15. The topological polar surface area (TPSA) is 53.1 Å². The van der Waals surface area contributed by atoms with Gasteiger partial charge in [-0.3, -0.25) is 4.68 Å². The number of nitrogen functional groups attached to an aromatic ring is 1. The van der Waals surface area contributed by atoms with Crippen LogP contribution in [-0.4, -0.2) is 9.78 Å². The lowest BCUT2D eigenvalue weighted by atomic mass is 10.2. The normalized spacial score (nSPS) is 10.6. The number of nitrogens with two attached hydrogens (primary N) is 1. The van der Waals surface area contributed by atoms with E-state index in [1.165, 1.54) is 6.07 Å². The lowest BCUT2D eigenvalue weighted by Gasteiger charge is -2.08. The number of hydrogen-bond acceptors (Lipinski definition) is 3. The molecule has 0 spiro atoms. The van der Waals surface area contributed by atoms with Gasteiger partial charge in [0.15, 0.2) is 11.5 Å². The van der Waals surface area contributed by atoms with Crippen LogP contribution in [0.4, 0.5) is 10.1 Å². The molecule has 18 heavy (non-hydrogen) atoms. The van der Waals surface area contributed by atoms with Gasteiger partial charge in [0, 0.05) is 12.6 Å². The smallest absolute Gasteiger partial charge is 0.165 e. The lowest BCUT2D eigenvalue weighted by molar-refractivity contribution is 0.480. The van der Waals surface area contributed by atoms with Gasteiger partial charge in [-0.1, -0.05) is 6.92 Å². The Hall–Kier alpha value is -2.04. The van der Waals surface area contributed by atoms with E-state index in [-0.39, 0.29) is 11.5 Å². The van der Waals surface area contributed by atoms with Crippen molar-refractivity contribution in [2.24, 2.45) is 0 Å². The van der Waals surface area contributed by atoms with Gasteiger partial charge in [0.1, 0.15) is 5.82 Å². The third kappa shape index (κ3) is 2.61. The van der Waals surface area contributed by atoms with E-state index in [9.17, 15) is 4.39 Å². The first kappa shape index (κ1) is 12.4. The standard InChI is InChI=1S/C13H16FN3O/c1-3-4-17-8-10(7-16-17)18-13-5-9(2)11(14)6-12(13)15/h5-8H,3-4,15H2,1-2H3. The molecule has 1 aromatic heterocycles. The van der Waals surface area contributed by atoms with Crippen LogP contribution in [0.15, 0.2) is 24.5 Å². The summed E-state index contributed by atoms with van der Waals surface area (Å²) >= 11 is 0. The van der Waals surface area contributed by atoms with Crippen molar-refractivity contribution in [1.29, 1.82) is 0 Å². The molecular formula is C13H16FN3O. The van der Waals surface area contributed by atoms with E-state index in [0.717, 1.165) is 13.0 Å². The molecule has 0 saturated heterocycles. The molecular weight excluding hydrogens is 233 g/mol. The zero-order valence-electron chi connectivity index (χ0n) is 10.5. The number of hydrogen-bond donors (Lipinski definition) is 1. The average molecular weight is 249 g/mol. The van der Waals surface area contributed by atoms with Crippen molar-refractivity contribution in [2.75, 3.05) is 5.73 Å². The van der Waals surface area contributed by atoms with E-state index in [4.69, 9.17) is 10.5 Å². The summed E-state index contributed by atoms with van der Waals surface area (Å²) in [6.45, 7) is 4.58. The molecule has 2 rings (SSSR count). The summed E-state index contributed by atoms with van der Waals surface area (Å²) in [5.74, 6) is 0.715. The Labute approximate surface area is 105 Å². The van der Waals surface area contributed by atoms with E-state index in [1.807, 2.05) is 0 Å². The summed E-state index contributed by atoms with van der Waals surface area (Å²) in [7, 11) is 0. The van der Waals surface area contributed by atoms with E-state index in [2.05, 4.69) is 12.0 Å². The van der Waals surface area contributed by atoms with Gasteiger partial charge in [-0.25, -0.2) is 4.39 Å². The van der Waals surface area contributed by atoms with Crippen LogP contribution in [0.2, 0.25) is 0 Å². The highest BCUT2D eigenvalue weighted by atomic mass is 19.1. The minimum atomic E-state index is -0.332. The second-order valence-electron chi connectivity index (χ2n) is 4.18. The molecule has 0 radical (unpaired) electrons. The first-order valence-corrected chi connectivity index (χ1v) is 5.86. The number of aryl methyl sites for hydroxylation is 2. The molecule has 0 bridgehead atoms. The fourth-order valence-electron chi connectivity index (χ4n) is 1.63. The van der Waals surface area contributed by atoms with E-state index < -0.39 is 0 Å². The number of benzene rings is 1. The molecule has 4 nitrogen and oxygen atoms in total. The van der Waals surface area contributed by atoms with Gasteiger partial charge in [-0.05, 0) is 25.0 Å². The van der Waals surface area contributed by atoms with Gasteiger partial charge in [0.2, 0.25) is 0 Å². The summed E-state index contributed by atoms with van der Waals surface area (Å²) < 4.78 is 20.6. The molecule has 1 aromatic carbocycles. The van der Waals surface area contributed by atoms with Crippen molar-refractivity contribution in [3.8, 4) is 11.5 Å². The van der Waals surface area contributed by atoms with Crippen molar-refractivity contribution >= 4 is 5.69 Å². The molecule has 0 saturated carbocycles. The first-order chi connectivity index (χ1) is 8.60. The van der Waals surface area contributed by atoms with Gasteiger partial charge in [-0.2, -0.15) is 5.10 Å². The van der Waals surface area contributed by atoms with E-state index in [1.54, 1.807) is 30.1 Å². The van der Waals surface area contributed by atoms with Crippen LogP contribution in [0.1, 0.15) is 18.9 Å². The number of anilines is 1. The molecule has 0 aliphatic heterocycles. The highest BCUT2D eigenvalue weighted by molar-refractivity contribution is 5.55. The Morgan fingerprint density at radius 3 is 2.94 bits per heavy atom. The third-order valence-corrected chi connectivity index (χ3v) is 2.58. The van der Waals surface area contributed by atoms with Gasteiger partial charge in [0.05, 0.1) is 18.1 Å². The quantitative estimate of drug-likeness (QED) is 0.847. The molecule has 2 aromatic rings. The number of nitrogens with zero attached hydrogens (tertiary/aromatic N) is 2. The molecule has 0 amide bonds. The van der Waals surface area contributed by atoms with E-state index in [0.29, 0.717) is 17.1 Å². The molecule has 0 aliphatic carbocycles. The van der Waals surface area contributed by atoms with Crippen LogP contribution in [0.3, 0.4) is 0 Å². The van der Waals surface area contributed by atoms with Crippen molar-refractivity contribution in [2.45, 2.75) is 26.8 Å². The van der Waals surface area contributed by atoms with Gasteiger partial charge < -0.3 is 10.5 Å². The maximum absolute atomic E-state index is 13.3. The summed E-state index contributed by atoms with van der Waals surface area (Å²) in [4.78, 5) is 0. The molecule has 1 heterocycles. The zero-order valence-corrected chi connectivity index (χ0v) is 10.5. The maximum Gasteiger partial charge on any atom is 0.165 e. The Morgan fingerprint density at radius 2 is 2.22 bits per heavy atom. The zero-order chi connectivity index (χ0) is 13.1. The van der Waals surface area contributed by atoms with Crippen molar-refractivity contribution < 1.29 is 9.13 Å². The Morgan fingerprint density at radius 1 is 1.44 bits per heavy atom. The Kier molecular flexibility index (Phi) is 3.50. The summed E-state index contributed by atoms with van der Waals surface area (Å²) in [5.41, 5.74) is 6.49. The molecule has 0 unspecified atom stereocenters. The number of halogens is 1. The molecule has 0 atom stereocenters. The van der Waals surface area contributed by atoms with Crippen LogP contribution >= 0.6 is 0 Å². The third-order valence-electron chi connectivity index (χ3n) is 2.58. The molecule has 0 fully saturated rings. The lowest BCUT2D eigenvalue weighted by Crippen LogP contribution is -1.96. The van der Waals surface area contributed by atoms with Crippen LogP contribution in [0, 0.1) is 12.7 Å². The van der Waals surface area contributed by atoms with Gasteiger partial charge >= 0.3 is 0 Å². The van der Waals surface area contributed by atoms with Gasteiger partial charge in [-0.15, -0.1) is 0 Å². The predicted molar refractivity (Wildman–Crippen MR) is 68.1 cm³/mol. The van der Waals surface area contributed by atoms with E-state index >= 15 is 0 Å². The first-order valence-electron chi connectivity index (χ1n) is 5.86. The summed E-state index contributed by atoms with van der Waals surface area (Å²) in [6.07, 6.45) is 4.41. The van der Waals surface area contributed by atoms with Crippen LogP contribution < -0.4 is 10.5 Å². The fraction of sp³-hybridized carbons (Fsp3) is 0.308. The van der Waals surface area contributed by atoms with Gasteiger partial charge in [0.25, 0.3) is 0 Å². The second kappa shape index (κ2) is 5.08. The Balaban J connectivity index is 2.20. The maximum atomic E-state index is 13.3. The minimum Gasteiger partial charge on any atom is -0.452 e. The summed E-state index contributed by atoms with van der Waals surface area (Å²) in [6, 6.07) is 2.85. The largest absolute Gasteiger partial charge is 0.452 e. The van der Waals surface area contributed by atoms with Crippen molar-refractivity contribution in [3.63, 3.8) is 0 Å². The number of ether oxygens (including phenoxy) is 1. The monoisotopic (exact) mass is 249 g/mol. The van der Waals surface area contributed by atoms with Crippen LogP contribution in [0.5, 0.6) is 11.5 Å². The number of rotatable bonds is 4.